The summed E-state index contributed by atoms with van der Waals surface area (Å²) in [7, 11) is 0. The fraction of sp³-hybridized carbons (Fsp3) is 0.400. The van der Waals surface area contributed by atoms with Gasteiger partial charge in [-0.2, -0.15) is 0 Å². The molecule has 2 atom stereocenters. The van der Waals surface area contributed by atoms with Gasteiger partial charge in [0.05, 0.1) is 28.1 Å². The van der Waals surface area contributed by atoms with Crippen LogP contribution in [-0.4, -0.2) is 22.9 Å². The largest absolute Gasteiger partial charge is 0.478 e. The first-order chi connectivity index (χ1) is 10.0. The summed E-state index contributed by atoms with van der Waals surface area (Å²) in [6, 6.07) is 4.21. The SMILES string of the molecule is O=C(O)c1cc(N2C(=O)[C@H]3CCCC[C@H]3C2=O)ccc1Cl. The van der Waals surface area contributed by atoms with Crippen molar-refractivity contribution >= 4 is 35.1 Å². The van der Waals surface area contributed by atoms with Crippen molar-refractivity contribution in [3.63, 3.8) is 0 Å². The van der Waals surface area contributed by atoms with Crippen molar-refractivity contribution in [1.29, 1.82) is 0 Å². The van der Waals surface area contributed by atoms with Gasteiger partial charge >= 0.3 is 5.97 Å². The number of benzene rings is 1. The van der Waals surface area contributed by atoms with Crippen molar-refractivity contribution in [2.45, 2.75) is 25.7 Å². The number of rotatable bonds is 2. The maximum Gasteiger partial charge on any atom is 0.337 e. The Labute approximate surface area is 126 Å². The van der Waals surface area contributed by atoms with Crippen LogP contribution in [0.25, 0.3) is 0 Å². The molecule has 6 heteroatoms. The quantitative estimate of drug-likeness (QED) is 0.852. The molecule has 2 amide bonds. The number of carbonyl (C=O) groups excluding carboxylic acids is 2. The summed E-state index contributed by atoms with van der Waals surface area (Å²) in [5.41, 5.74) is 0.186. The first-order valence-corrected chi connectivity index (χ1v) is 7.29. The molecule has 0 radical (unpaired) electrons. The van der Waals surface area contributed by atoms with Gasteiger partial charge in [0.15, 0.2) is 0 Å². The van der Waals surface area contributed by atoms with E-state index in [1.165, 1.54) is 18.2 Å². The summed E-state index contributed by atoms with van der Waals surface area (Å²) in [5.74, 6) is -2.13. The fourth-order valence-corrected chi connectivity index (χ4v) is 3.43. The number of carboxylic acid groups (broad SMARTS) is 1. The lowest BCUT2D eigenvalue weighted by Gasteiger charge is -2.19. The van der Waals surface area contributed by atoms with E-state index in [0.29, 0.717) is 5.69 Å². The lowest BCUT2D eigenvalue weighted by molar-refractivity contribution is -0.122. The normalized spacial score (nSPS) is 25.1. The second-order valence-corrected chi connectivity index (χ2v) is 5.89. The van der Waals surface area contributed by atoms with Gasteiger partial charge in [-0.15, -0.1) is 0 Å². The third-order valence-corrected chi connectivity index (χ3v) is 4.61. The lowest BCUT2D eigenvalue weighted by Crippen LogP contribution is -2.31. The molecule has 1 aromatic rings. The van der Waals surface area contributed by atoms with Crippen LogP contribution in [0.15, 0.2) is 18.2 Å². The Morgan fingerprint density at radius 2 is 1.71 bits per heavy atom. The zero-order chi connectivity index (χ0) is 15.1. The fourth-order valence-electron chi connectivity index (χ4n) is 3.23. The molecule has 0 spiro atoms. The molecule has 1 N–H and O–H groups in total. The smallest absolute Gasteiger partial charge is 0.337 e. The Kier molecular flexibility index (Phi) is 3.45. The average molecular weight is 308 g/mol. The maximum absolute atomic E-state index is 12.4. The second kappa shape index (κ2) is 5.15. The van der Waals surface area contributed by atoms with Crippen LogP contribution in [0, 0.1) is 11.8 Å². The van der Waals surface area contributed by atoms with E-state index >= 15 is 0 Å². The third kappa shape index (κ3) is 2.21. The number of hydrogen-bond acceptors (Lipinski definition) is 3. The first kappa shape index (κ1) is 14.1. The number of halogens is 1. The Morgan fingerprint density at radius 3 is 2.24 bits per heavy atom. The van der Waals surface area contributed by atoms with Crippen LogP contribution in [0.5, 0.6) is 0 Å². The highest BCUT2D eigenvalue weighted by atomic mass is 35.5. The van der Waals surface area contributed by atoms with E-state index in [1.54, 1.807) is 0 Å². The summed E-state index contributed by atoms with van der Waals surface area (Å²) >= 11 is 5.82. The van der Waals surface area contributed by atoms with Gasteiger partial charge in [-0.05, 0) is 31.0 Å². The Morgan fingerprint density at radius 1 is 1.14 bits per heavy atom. The molecular formula is C15H14ClNO4. The van der Waals surface area contributed by atoms with Crippen LogP contribution in [0.1, 0.15) is 36.0 Å². The zero-order valence-electron chi connectivity index (χ0n) is 11.2. The predicted octanol–water partition coefficient (Wildman–Crippen LogP) is 2.72. The van der Waals surface area contributed by atoms with Crippen molar-refractivity contribution in [2.75, 3.05) is 4.90 Å². The number of aromatic carboxylic acids is 1. The highest BCUT2D eigenvalue weighted by Gasteiger charge is 2.48. The number of anilines is 1. The highest BCUT2D eigenvalue weighted by molar-refractivity contribution is 6.34. The van der Waals surface area contributed by atoms with Gasteiger partial charge in [0.2, 0.25) is 11.8 Å². The molecule has 0 unspecified atom stereocenters. The average Bonchev–Trinajstić information content (AvgIpc) is 2.72. The summed E-state index contributed by atoms with van der Waals surface area (Å²) in [6.45, 7) is 0. The summed E-state index contributed by atoms with van der Waals surface area (Å²) < 4.78 is 0. The molecule has 0 bridgehead atoms. The number of imide groups is 1. The zero-order valence-corrected chi connectivity index (χ0v) is 12.0. The first-order valence-electron chi connectivity index (χ1n) is 6.91. The lowest BCUT2D eigenvalue weighted by atomic mass is 9.81. The molecule has 2 fully saturated rings. The highest BCUT2D eigenvalue weighted by Crippen LogP contribution is 2.40. The van der Waals surface area contributed by atoms with Crippen LogP contribution < -0.4 is 4.90 Å². The molecule has 1 aliphatic carbocycles. The molecule has 3 rings (SSSR count). The molecule has 1 heterocycles. The molecule has 1 aliphatic heterocycles. The van der Waals surface area contributed by atoms with Crippen LogP contribution in [0.2, 0.25) is 5.02 Å². The monoisotopic (exact) mass is 307 g/mol. The minimum Gasteiger partial charge on any atom is -0.478 e. The molecule has 1 aromatic carbocycles. The number of hydrogen-bond donors (Lipinski definition) is 1. The minimum atomic E-state index is -1.18. The van der Waals surface area contributed by atoms with E-state index in [9.17, 15) is 14.4 Å². The van der Waals surface area contributed by atoms with Crippen LogP contribution in [-0.2, 0) is 9.59 Å². The molecule has 5 nitrogen and oxygen atoms in total. The number of fused-ring (bicyclic) bond motifs is 1. The molecule has 0 aromatic heterocycles. The molecule has 1 saturated carbocycles. The maximum atomic E-state index is 12.4. The van der Waals surface area contributed by atoms with Gasteiger partial charge in [-0.25, -0.2) is 4.79 Å². The minimum absolute atomic E-state index is 0.0859. The Hall–Kier alpha value is -1.88. The Balaban J connectivity index is 2.00. The summed E-state index contributed by atoms with van der Waals surface area (Å²) in [5, 5.41) is 9.18. The number of carbonyl (C=O) groups is 3. The third-order valence-electron chi connectivity index (χ3n) is 4.28. The second-order valence-electron chi connectivity index (χ2n) is 5.48. The molecular weight excluding hydrogens is 294 g/mol. The number of carboxylic acids is 1. The van der Waals surface area contributed by atoms with Crippen molar-refractivity contribution in [2.24, 2.45) is 11.8 Å². The van der Waals surface area contributed by atoms with E-state index in [2.05, 4.69) is 0 Å². The van der Waals surface area contributed by atoms with Crippen LogP contribution in [0.3, 0.4) is 0 Å². The topological polar surface area (TPSA) is 74.7 Å². The van der Waals surface area contributed by atoms with Crippen molar-refractivity contribution in [3.05, 3.63) is 28.8 Å². The number of amides is 2. The van der Waals surface area contributed by atoms with Crippen LogP contribution in [0.4, 0.5) is 5.69 Å². The van der Waals surface area contributed by atoms with Crippen molar-refractivity contribution in [1.82, 2.24) is 0 Å². The molecule has 110 valence electrons. The number of nitrogens with zero attached hydrogens (tertiary/aromatic N) is 1. The summed E-state index contributed by atoms with van der Waals surface area (Å²) in [6.07, 6.45) is 3.36. The van der Waals surface area contributed by atoms with Crippen LogP contribution >= 0.6 is 11.6 Å². The standard InChI is InChI=1S/C15H14ClNO4/c16-12-6-5-8(7-11(12)15(20)21)17-13(18)9-3-1-2-4-10(9)14(17)19/h5-7,9-10H,1-4H2,(H,20,21)/t9-,10+. The van der Waals surface area contributed by atoms with Crippen molar-refractivity contribution in [3.8, 4) is 0 Å². The van der Waals surface area contributed by atoms with Gasteiger partial charge < -0.3 is 5.11 Å². The molecule has 21 heavy (non-hydrogen) atoms. The van der Waals surface area contributed by atoms with Gasteiger partial charge in [0.25, 0.3) is 0 Å². The van der Waals surface area contributed by atoms with Gasteiger partial charge in [-0.1, -0.05) is 24.4 Å². The van der Waals surface area contributed by atoms with Gasteiger partial charge in [-0.3, -0.25) is 14.5 Å². The van der Waals surface area contributed by atoms with Gasteiger partial charge in [0, 0.05) is 0 Å². The van der Waals surface area contributed by atoms with E-state index in [-0.39, 0.29) is 34.2 Å². The van der Waals surface area contributed by atoms with E-state index in [1.807, 2.05) is 0 Å². The van der Waals surface area contributed by atoms with E-state index in [4.69, 9.17) is 16.7 Å². The Bertz CT molecular complexity index is 619. The summed E-state index contributed by atoms with van der Waals surface area (Å²) in [4.78, 5) is 37.1. The van der Waals surface area contributed by atoms with Crippen molar-refractivity contribution < 1.29 is 19.5 Å². The predicted molar refractivity (Wildman–Crippen MR) is 76.4 cm³/mol. The van der Waals surface area contributed by atoms with Gasteiger partial charge in [0.1, 0.15) is 0 Å². The molecule has 1 saturated heterocycles. The van der Waals surface area contributed by atoms with E-state index < -0.39 is 5.97 Å². The van der Waals surface area contributed by atoms with E-state index in [0.717, 1.165) is 30.6 Å². The molecule has 2 aliphatic rings.